The van der Waals surface area contributed by atoms with E-state index in [0.29, 0.717) is 6.42 Å². The number of hydrogen-bond acceptors (Lipinski definition) is 5. The molecule has 7 heteroatoms. The first-order valence-corrected chi connectivity index (χ1v) is 10.8. The molecule has 2 aliphatic rings. The van der Waals surface area contributed by atoms with Crippen molar-refractivity contribution in [3.05, 3.63) is 52.5 Å². The monoisotopic (exact) mass is 428 g/mol. The van der Waals surface area contributed by atoms with Crippen LogP contribution in [0.4, 0.5) is 11.5 Å². The van der Waals surface area contributed by atoms with Crippen LogP contribution in [0.1, 0.15) is 18.6 Å². The second kappa shape index (κ2) is 8.30. The van der Waals surface area contributed by atoms with Crippen LogP contribution in [-0.4, -0.2) is 47.9 Å². The van der Waals surface area contributed by atoms with Crippen LogP contribution in [0.3, 0.4) is 0 Å². The van der Waals surface area contributed by atoms with E-state index in [9.17, 15) is 4.79 Å². The zero-order valence-electron chi connectivity index (χ0n) is 15.4. The fourth-order valence-corrected chi connectivity index (χ4v) is 5.11. The molecule has 1 N–H and O–H groups in total. The van der Waals surface area contributed by atoms with Gasteiger partial charge in [-0.3, -0.25) is 9.69 Å². The van der Waals surface area contributed by atoms with Crippen molar-refractivity contribution < 1.29 is 4.79 Å². The number of amides is 1. The van der Waals surface area contributed by atoms with E-state index in [-0.39, 0.29) is 13.3 Å². The summed E-state index contributed by atoms with van der Waals surface area (Å²) in [5.74, 6) is 1.17. The van der Waals surface area contributed by atoms with Gasteiger partial charge >= 0.3 is 0 Å². The third-order valence-corrected chi connectivity index (χ3v) is 6.79. The molecule has 152 valence electrons. The molecule has 2 aromatic carbocycles. The molecular formula is C22H25ClN4OS. The molecule has 1 amide bonds. The van der Waals surface area contributed by atoms with Gasteiger partial charge in [-0.2, -0.15) is 4.37 Å². The second-order valence-corrected chi connectivity index (χ2v) is 8.62. The highest BCUT2D eigenvalue weighted by atomic mass is 35.5. The topological polar surface area (TPSA) is 48.5 Å². The SMILES string of the molecule is C.O=C1Cc2cc(CCN3CCN(c4nsc5ccccc45)CC3)c(Cl)cc2N1. The van der Waals surface area contributed by atoms with Gasteiger partial charge in [0.1, 0.15) is 5.82 Å². The number of nitrogens with zero attached hydrogens (tertiary/aromatic N) is 3. The van der Waals surface area contributed by atoms with Crippen molar-refractivity contribution in [2.45, 2.75) is 20.3 Å². The highest BCUT2D eigenvalue weighted by molar-refractivity contribution is 7.13. The maximum Gasteiger partial charge on any atom is 0.228 e. The standard InChI is InChI=1S/C21H21ClN4OS.CH4/c22-17-13-18-15(12-20(27)23-18)11-14(17)5-6-25-7-9-26(10-8-25)21-16-3-1-2-4-19(16)28-24-21;/h1-4,11,13H,5-10,12H2,(H,23,27);1H4. The molecule has 3 aromatic rings. The number of fused-ring (bicyclic) bond motifs is 2. The van der Waals surface area contributed by atoms with Crippen LogP contribution in [0.15, 0.2) is 36.4 Å². The van der Waals surface area contributed by atoms with Crippen LogP contribution in [0.2, 0.25) is 5.02 Å². The third-order valence-electron chi connectivity index (χ3n) is 5.62. The lowest BCUT2D eigenvalue weighted by molar-refractivity contribution is -0.115. The van der Waals surface area contributed by atoms with Gasteiger partial charge in [0, 0.05) is 48.8 Å². The smallest absolute Gasteiger partial charge is 0.228 e. The summed E-state index contributed by atoms with van der Waals surface area (Å²) in [7, 11) is 0. The van der Waals surface area contributed by atoms with Crippen molar-refractivity contribution in [2.24, 2.45) is 0 Å². The predicted octanol–water partition coefficient (Wildman–Crippen LogP) is 4.45. The molecule has 2 aliphatic heterocycles. The van der Waals surface area contributed by atoms with E-state index >= 15 is 0 Å². The minimum Gasteiger partial charge on any atom is -0.353 e. The number of piperazine rings is 1. The quantitative estimate of drug-likeness (QED) is 0.667. The zero-order valence-corrected chi connectivity index (χ0v) is 17.0. The van der Waals surface area contributed by atoms with Crippen LogP contribution >= 0.6 is 23.1 Å². The molecule has 1 saturated heterocycles. The summed E-state index contributed by atoms with van der Waals surface area (Å²) in [6.07, 6.45) is 1.36. The van der Waals surface area contributed by atoms with E-state index in [4.69, 9.17) is 11.6 Å². The first-order valence-electron chi connectivity index (χ1n) is 9.60. The van der Waals surface area contributed by atoms with Gasteiger partial charge in [0.25, 0.3) is 0 Å². The highest BCUT2D eigenvalue weighted by Crippen LogP contribution is 2.31. The van der Waals surface area contributed by atoms with E-state index in [1.807, 2.05) is 6.07 Å². The number of carbonyl (C=O) groups excluding carboxylic acids is 1. The van der Waals surface area contributed by atoms with Crippen molar-refractivity contribution in [3.8, 4) is 0 Å². The molecular weight excluding hydrogens is 404 g/mol. The van der Waals surface area contributed by atoms with Crippen molar-refractivity contribution in [1.29, 1.82) is 0 Å². The van der Waals surface area contributed by atoms with E-state index in [2.05, 4.69) is 49.8 Å². The van der Waals surface area contributed by atoms with E-state index in [1.54, 1.807) is 11.5 Å². The average molecular weight is 429 g/mol. The largest absolute Gasteiger partial charge is 0.353 e. The maximum atomic E-state index is 11.6. The van der Waals surface area contributed by atoms with Gasteiger partial charge in [0.05, 0.1) is 11.1 Å². The molecule has 0 unspecified atom stereocenters. The van der Waals surface area contributed by atoms with Crippen LogP contribution in [0.5, 0.6) is 0 Å². The molecule has 0 bridgehead atoms. The Morgan fingerprint density at radius 3 is 2.76 bits per heavy atom. The maximum absolute atomic E-state index is 11.6. The number of carbonyl (C=O) groups is 1. The summed E-state index contributed by atoms with van der Waals surface area (Å²) >= 11 is 8.01. The predicted molar refractivity (Wildman–Crippen MR) is 122 cm³/mol. The molecule has 0 aliphatic carbocycles. The molecule has 0 radical (unpaired) electrons. The molecule has 0 atom stereocenters. The lowest BCUT2D eigenvalue weighted by Crippen LogP contribution is -2.47. The normalized spacial score (nSPS) is 16.6. The Bertz CT molecular complexity index is 1040. The number of nitrogens with one attached hydrogen (secondary N) is 1. The molecule has 1 fully saturated rings. The number of rotatable bonds is 4. The fourth-order valence-electron chi connectivity index (χ4n) is 4.05. The number of benzene rings is 2. The Labute approximate surface area is 180 Å². The Kier molecular flexibility index (Phi) is 5.76. The van der Waals surface area contributed by atoms with Gasteiger partial charge in [0.15, 0.2) is 0 Å². The molecule has 5 rings (SSSR count). The van der Waals surface area contributed by atoms with Gasteiger partial charge in [-0.1, -0.05) is 37.2 Å². The number of hydrogen-bond donors (Lipinski definition) is 1. The van der Waals surface area contributed by atoms with Crippen LogP contribution in [0, 0.1) is 0 Å². The summed E-state index contributed by atoms with van der Waals surface area (Å²) in [4.78, 5) is 16.4. The Morgan fingerprint density at radius 1 is 1.14 bits per heavy atom. The van der Waals surface area contributed by atoms with Gasteiger partial charge in [0.2, 0.25) is 5.91 Å². The molecule has 3 heterocycles. The lowest BCUT2D eigenvalue weighted by atomic mass is 10.1. The van der Waals surface area contributed by atoms with Crippen LogP contribution in [0.25, 0.3) is 10.1 Å². The Hall–Kier alpha value is -2.15. The van der Waals surface area contributed by atoms with Crippen LogP contribution < -0.4 is 10.2 Å². The third kappa shape index (κ3) is 3.97. The summed E-state index contributed by atoms with van der Waals surface area (Å²) in [6.45, 7) is 5.00. The number of anilines is 2. The summed E-state index contributed by atoms with van der Waals surface area (Å²) in [5, 5.41) is 4.86. The van der Waals surface area contributed by atoms with Crippen molar-refractivity contribution in [2.75, 3.05) is 42.9 Å². The van der Waals surface area contributed by atoms with Gasteiger partial charge in [-0.15, -0.1) is 0 Å². The molecule has 5 nitrogen and oxygen atoms in total. The van der Waals surface area contributed by atoms with Crippen molar-refractivity contribution in [1.82, 2.24) is 9.27 Å². The van der Waals surface area contributed by atoms with Crippen molar-refractivity contribution in [3.63, 3.8) is 0 Å². The first kappa shape index (κ1) is 20.1. The average Bonchev–Trinajstić information content (AvgIpc) is 3.29. The number of aromatic nitrogens is 1. The van der Waals surface area contributed by atoms with Gasteiger partial charge in [-0.05, 0) is 47.3 Å². The number of halogens is 1. The minimum atomic E-state index is 0. The highest BCUT2D eigenvalue weighted by Gasteiger charge is 2.22. The summed E-state index contributed by atoms with van der Waals surface area (Å²) in [5.41, 5.74) is 3.05. The summed E-state index contributed by atoms with van der Waals surface area (Å²) in [6, 6.07) is 12.4. The molecule has 1 aromatic heterocycles. The minimum absolute atomic E-state index is 0. The second-order valence-electron chi connectivity index (χ2n) is 7.41. The zero-order chi connectivity index (χ0) is 19.1. The van der Waals surface area contributed by atoms with E-state index in [0.717, 1.165) is 66.8 Å². The van der Waals surface area contributed by atoms with Crippen molar-refractivity contribution >= 4 is 50.6 Å². The van der Waals surface area contributed by atoms with E-state index < -0.39 is 0 Å². The Balaban J connectivity index is 0.00000205. The lowest BCUT2D eigenvalue weighted by Gasteiger charge is -2.35. The first-order chi connectivity index (χ1) is 13.7. The molecule has 29 heavy (non-hydrogen) atoms. The van der Waals surface area contributed by atoms with Crippen LogP contribution in [-0.2, 0) is 17.6 Å². The summed E-state index contributed by atoms with van der Waals surface area (Å²) < 4.78 is 5.94. The fraction of sp³-hybridized carbons (Fsp3) is 0.364. The van der Waals surface area contributed by atoms with Gasteiger partial charge < -0.3 is 10.2 Å². The van der Waals surface area contributed by atoms with E-state index in [1.165, 1.54) is 10.1 Å². The Morgan fingerprint density at radius 2 is 1.93 bits per heavy atom. The molecule has 0 spiro atoms. The van der Waals surface area contributed by atoms with Gasteiger partial charge in [-0.25, -0.2) is 0 Å². The molecule has 0 saturated carbocycles.